The predicted octanol–water partition coefficient (Wildman–Crippen LogP) is 2.13. The van der Waals surface area contributed by atoms with Crippen LogP contribution < -0.4 is 5.06 Å². The molecular formula is C16H20ClN3O2. The highest BCUT2D eigenvalue weighted by atomic mass is 35.5. The van der Waals surface area contributed by atoms with Crippen molar-refractivity contribution in [1.29, 1.82) is 0 Å². The first-order valence-corrected chi connectivity index (χ1v) is 7.67. The van der Waals surface area contributed by atoms with Crippen LogP contribution in [0.2, 0.25) is 5.02 Å². The Bertz CT molecular complexity index is 665. The SMILES string of the molecule is CCC[NH+]([O-])C(=O)c1ccc(Cn2nc(C)c(Cl)c2C)cc1. The molecule has 1 unspecified atom stereocenters. The zero-order chi connectivity index (χ0) is 16.3. The van der Waals surface area contributed by atoms with E-state index in [-0.39, 0.29) is 5.06 Å². The summed E-state index contributed by atoms with van der Waals surface area (Å²) in [6, 6.07) is 7.07. The topological polar surface area (TPSA) is 62.4 Å². The summed E-state index contributed by atoms with van der Waals surface area (Å²) in [5.74, 6) is -0.414. The summed E-state index contributed by atoms with van der Waals surface area (Å²) in [4.78, 5) is 11.9. The number of carbonyl (C=O) groups is 1. The Morgan fingerprint density at radius 1 is 1.32 bits per heavy atom. The summed E-state index contributed by atoms with van der Waals surface area (Å²) < 4.78 is 1.83. The summed E-state index contributed by atoms with van der Waals surface area (Å²) >= 11 is 6.13. The van der Waals surface area contributed by atoms with E-state index < -0.39 is 5.91 Å². The van der Waals surface area contributed by atoms with E-state index in [1.165, 1.54) is 0 Å². The molecule has 0 saturated heterocycles. The van der Waals surface area contributed by atoms with Crippen molar-refractivity contribution in [2.45, 2.75) is 33.7 Å². The van der Waals surface area contributed by atoms with Crippen molar-refractivity contribution in [1.82, 2.24) is 9.78 Å². The minimum atomic E-state index is -0.414. The van der Waals surface area contributed by atoms with Crippen LogP contribution in [0.3, 0.4) is 0 Å². The smallest absolute Gasteiger partial charge is 0.344 e. The molecule has 6 heteroatoms. The summed E-state index contributed by atoms with van der Waals surface area (Å²) in [7, 11) is 0. The molecule has 1 amide bonds. The normalized spacial score (nSPS) is 12.4. The molecule has 1 heterocycles. The van der Waals surface area contributed by atoms with E-state index in [0.717, 1.165) is 17.0 Å². The highest BCUT2D eigenvalue weighted by Gasteiger charge is 2.14. The Labute approximate surface area is 135 Å². The molecule has 0 bridgehead atoms. The predicted molar refractivity (Wildman–Crippen MR) is 86.1 cm³/mol. The van der Waals surface area contributed by atoms with Gasteiger partial charge in [0.2, 0.25) is 0 Å². The molecule has 0 aliphatic heterocycles. The van der Waals surface area contributed by atoms with Gasteiger partial charge in [-0.1, -0.05) is 30.7 Å². The highest BCUT2D eigenvalue weighted by molar-refractivity contribution is 6.31. The number of hydrogen-bond donors (Lipinski definition) is 1. The molecule has 0 saturated carbocycles. The number of quaternary nitrogens is 1. The Balaban J connectivity index is 2.12. The second-order valence-corrected chi connectivity index (χ2v) is 5.72. The molecule has 0 spiro atoms. The van der Waals surface area contributed by atoms with Crippen LogP contribution in [0.4, 0.5) is 0 Å². The number of halogens is 1. The van der Waals surface area contributed by atoms with Crippen LogP contribution in [-0.4, -0.2) is 22.2 Å². The lowest BCUT2D eigenvalue weighted by molar-refractivity contribution is -0.757. The zero-order valence-electron chi connectivity index (χ0n) is 13.0. The molecule has 5 nitrogen and oxygen atoms in total. The van der Waals surface area contributed by atoms with Gasteiger partial charge in [-0.3, -0.25) is 4.68 Å². The fourth-order valence-corrected chi connectivity index (χ4v) is 2.40. The van der Waals surface area contributed by atoms with Crippen molar-refractivity contribution in [2.24, 2.45) is 0 Å². The van der Waals surface area contributed by atoms with Gasteiger partial charge >= 0.3 is 5.91 Å². The van der Waals surface area contributed by atoms with Gasteiger partial charge in [0.05, 0.1) is 35.1 Å². The van der Waals surface area contributed by atoms with E-state index in [0.29, 0.717) is 30.1 Å². The lowest BCUT2D eigenvalue weighted by Crippen LogP contribution is -3.09. The zero-order valence-corrected chi connectivity index (χ0v) is 13.8. The first kappa shape index (κ1) is 16.7. The molecule has 22 heavy (non-hydrogen) atoms. The van der Waals surface area contributed by atoms with Crippen molar-refractivity contribution < 1.29 is 9.86 Å². The van der Waals surface area contributed by atoms with Crippen LogP contribution in [0.15, 0.2) is 24.3 Å². The van der Waals surface area contributed by atoms with Crippen molar-refractivity contribution in [3.8, 4) is 0 Å². The average Bonchev–Trinajstić information content (AvgIpc) is 2.75. The molecule has 0 radical (unpaired) electrons. The third-order valence-electron chi connectivity index (χ3n) is 3.57. The standard InChI is InChI=1S/C16H20ClN3O2/c1-4-9-20(22)16(21)14-7-5-13(6-8-14)10-19-12(3)15(17)11(2)18-19/h5-8,20H,4,9-10H2,1-3H3. The van der Waals surface area contributed by atoms with Gasteiger partial charge in [-0.2, -0.15) is 5.10 Å². The molecule has 1 aromatic heterocycles. The number of carbonyl (C=O) groups excluding carboxylic acids is 1. The summed E-state index contributed by atoms with van der Waals surface area (Å²) in [6.07, 6.45) is 0.682. The lowest BCUT2D eigenvalue weighted by atomic mass is 10.1. The molecule has 0 fully saturated rings. The number of rotatable bonds is 5. The van der Waals surface area contributed by atoms with E-state index in [1.54, 1.807) is 12.1 Å². The van der Waals surface area contributed by atoms with Crippen LogP contribution in [0, 0.1) is 19.1 Å². The molecule has 0 aliphatic rings. The molecular weight excluding hydrogens is 302 g/mol. The monoisotopic (exact) mass is 321 g/mol. The Morgan fingerprint density at radius 3 is 2.45 bits per heavy atom. The number of amides is 1. The molecule has 2 rings (SSSR count). The number of benzene rings is 1. The molecule has 118 valence electrons. The maximum absolute atomic E-state index is 11.9. The highest BCUT2D eigenvalue weighted by Crippen LogP contribution is 2.19. The van der Waals surface area contributed by atoms with E-state index in [9.17, 15) is 10.0 Å². The molecule has 0 aliphatic carbocycles. The number of hydroxylamine groups is 2. The fourth-order valence-electron chi connectivity index (χ4n) is 2.27. The van der Waals surface area contributed by atoms with Crippen molar-refractivity contribution in [2.75, 3.05) is 6.54 Å². The maximum Gasteiger partial charge on any atom is 0.344 e. The van der Waals surface area contributed by atoms with E-state index in [2.05, 4.69) is 5.10 Å². The van der Waals surface area contributed by atoms with E-state index >= 15 is 0 Å². The maximum atomic E-state index is 11.9. The van der Waals surface area contributed by atoms with Gasteiger partial charge in [-0.15, -0.1) is 0 Å². The Kier molecular flexibility index (Phi) is 5.34. The minimum Gasteiger partial charge on any atom is -0.626 e. The van der Waals surface area contributed by atoms with Crippen LogP contribution >= 0.6 is 11.6 Å². The van der Waals surface area contributed by atoms with Gasteiger partial charge in [-0.05, 0) is 38.0 Å². The van der Waals surface area contributed by atoms with Gasteiger partial charge in [0.15, 0.2) is 0 Å². The Morgan fingerprint density at radius 2 is 1.95 bits per heavy atom. The average molecular weight is 322 g/mol. The quantitative estimate of drug-likeness (QED) is 0.858. The molecule has 1 atom stereocenters. The summed E-state index contributed by atoms with van der Waals surface area (Å²) in [5, 5.41) is 16.3. The largest absolute Gasteiger partial charge is 0.626 e. The van der Waals surface area contributed by atoms with E-state index in [1.807, 2.05) is 37.6 Å². The van der Waals surface area contributed by atoms with Crippen molar-refractivity contribution in [3.63, 3.8) is 0 Å². The van der Waals surface area contributed by atoms with Crippen molar-refractivity contribution in [3.05, 3.63) is 57.0 Å². The first-order chi connectivity index (χ1) is 10.4. The first-order valence-electron chi connectivity index (χ1n) is 7.30. The summed E-state index contributed by atoms with van der Waals surface area (Å²) in [5.41, 5.74) is 3.16. The van der Waals surface area contributed by atoms with Gasteiger partial charge in [0, 0.05) is 0 Å². The van der Waals surface area contributed by atoms with Crippen LogP contribution in [0.5, 0.6) is 0 Å². The van der Waals surface area contributed by atoms with Crippen molar-refractivity contribution >= 4 is 17.5 Å². The van der Waals surface area contributed by atoms with E-state index in [4.69, 9.17) is 11.6 Å². The number of nitrogens with one attached hydrogen (secondary N) is 1. The Hall–Kier alpha value is -1.69. The van der Waals surface area contributed by atoms with Crippen LogP contribution in [0.1, 0.15) is 40.7 Å². The van der Waals surface area contributed by atoms with Crippen LogP contribution in [0.25, 0.3) is 0 Å². The van der Waals surface area contributed by atoms with Gasteiger partial charge in [0.25, 0.3) is 0 Å². The molecule has 1 N–H and O–H groups in total. The minimum absolute atomic E-state index is 0.296. The second-order valence-electron chi connectivity index (χ2n) is 5.34. The number of hydrogen-bond acceptors (Lipinski definition) is 3. The fraction of sp³-hybridized carbons (Fsp3) is 0.375. The number of aryl methyl sites for hydroxylation is 1. The summed E-state index contributed by atoms with van der Waals surface area (Å²) in [6.45, 7) is 6.55. The van der Waals surface area contributed by atoms with Gasteiger partial charge in [-0.25, -0.2) is 4.79 Å². The second kappa shape index (κ2) is 7.05. The van der Waals surface area contributed by atoms with Gasteiger partial charge in [0.1, 0.15) is 0 Å². The van der Waals surface area contributed by atoms with Gasteiger partial charge < -0.3 is 10.3 Å². The molecule has 1 aromatic carbocycles. The molecule has 2 aromatic rings. The lowest BCUT2D eigenvalue weighted by Gasteiger charge is -2.18. The van der Waals surface area contributed by atoms with Crippen LogP contribution in [-0.2, 0) is 6.54 Å². The number of nitrogens with zero attached hydrogens (tertiary/aromatic N) is 2. The number of aromatic nitrogens is 2. The third-order valence-corrected chi connectivity index (χ3v) is 4.12. The third kappa shape index (κ3) is 3.55.